The maximum absolute atomic E-state index is 13.7. The van der Waals surface area contributed by atoms with Crippen LogP contribution in [0.2, 0.25) is 0 Å². The molecule has 28 heavy (non-hydrogen) atoms. The standard InChI is InChI=1S/C20H18F2N2O3S/c1-12(13-4-6-14(21)7-5-13)23-20(25)19-17-3-2-10-24(17)16-9-8-15(22)11-18(16)28(19,26)27/h4-9,11-12H,2-3,10H2,1H3,(H,23,25)/t12-/m0/s1. The highest BCUT2D eigenvalue weighted by molar-refractivity contribution is 7.96. The zero-order valence-electron chi connectivity index (χ0n) is 15.1. The van der Waals surface area contributed by atoms with Crippen molar-refractivity contribution in [2.75, 3.05) is 11.4 Å². The highest BCUT2D eigenvalue weighted by Crippen LogP contribution is 2.43. The molecule has 1 atom stereocenters. The molecule has 1 N–H and O–H groups in total. The minimum absolute atomic E-state index is 0.197. The zero-order valence-corrected chi connectivity index (χ0v) is 15.9. The summed E-state index contributed by atoms with van der Waals surface area (Å²) in [7, 11) is -4.17. The van der Waals surface area contributed by atoms with Crippen LogP contribution in [0.1, 0.15) is 31.4 Å². The molecule has 8 heteroatoms. The molecule has 0 radical (unpaired) electrons. The van der Waals surface area contributed by atoms with E-state index in [4.69, 9.17) is 0 Å². The van der Waals surface area contributed by atoms with E-state index in [0.717, 1.165) is 6.07 Å². The van der Waals surface area contributed by atoms with E-state index < -0.39 is 33.4 Å². The number of carbonyl (C=O) groups excluding carboxylic acids is 1. The number of hydrogen-bond acceptors (Lipinski definition) is 4. The molecule has 0 aromatic heterocycles. The highest BCUT2D eigenvalue weighted by atomic mass is 32.2. The van der Waals surface area contributed by atoms with Crippen LogP contribution in [0, 0.1) is 11.6 Å². The number of nitrogens with one attached hydrogen (secondary N) is 1. The molecular formula is C20H18F2N2O3S. The smallest absolute Gasteiger partial charge is 0.265 e. The van der Waals surface area contributed by atoms with Gasteiger partial charge in [0.15, 0.2) is 4.91 Å². The molecular weight excluding hydrogens is 386 g/mol. The van der Waals surface area contributed by atoms with Crippen molar-refractivity contribution in [2.45, 2.75) is 30.7 Å². The number of carbonyl (C=O) groups is 1. The molecule has 2 aliphatic heterocycles. The number of amides is 1. The monoisotopic (exact) mass is 404 g/mol. The molecule has 2 heterocycles. The third-order valence-corrected chi connectivity index (χ3v) is 6.94. The molecule has 2 aromatic rings. The van der Waals surface area contributed by atoms with Gasteiger partial charge in [0, 0.05) is 12.2 Å². The van der Waals surface area contributed by atoms with Crippen LogP contribution in [-0.4, -0.2) is 20.9 Å². The Hall–Kier alpha value is -2.74. The fourth-order valence-corrected chi connectivity index (χ4v) is 5.48. The number of benzene rings is 2. The first-order chi connectivity index (χ1) is 13.3. The number of rotatable bonds is 3. The number of nitrogens with zero attached hydrogens (tertiary/aromatic N) is 1. The van der Waals surface area contributed by atoms with Gasteiger partial charge in [0.2, 0.25) is 9.84 Å². The summed E-state index contributed by atoms with van der Waals surface area (Å²) in [6.45, 7) is 2.25. The lowest BCUT2D eigenvalue weighted by Gasteiger charge is -2.30. The molecule has 4 rings (SSSR count). The molecule has 146 valence electrons. The Labute approximate surface area is 161 Å². The van der Waals surface area contributed by atoms with Crippen LogP contribution in [0.5, 0.6) is 0 Å². The third-order valence-electron chi connectivity index (χ3n) is 5.08. The van der Waals surface area contributed by atoms with Crippen LogP contribution >= 0.6 is 0 Å². The molecule has 2 aromatic carbocycles. The number of halogens is 2. The SMILES string of the molecule is C[C@H](NC(=O)C1=C2CCCN2c2ccc(F)cc2S1(=O)=O)c1ccc(F)cc1. The van der Waals surface area contributed by atoms with Crippen molar-refractivity contribution < 1.29 is 22.0 Å². The molecule has 2 aliphatic rings. The average Bonchev–Trinajstić information content (AvgIpc) is 3.11. The fourth-order valence-electron chi connectivity index (χ4n) is 3.72. The summed E-state index contributed by atoms with van der Waals surface area (Å²) in [6, 6.07) is 8.68. The lowest BCUT2D eigenvalue weighted by Crippen LogP contribution is -2.36. The zero-order chi connectivity index (χ0) is 20.1. The van der Waals surface area contributed by atoms with E-state index in [2.05, 4.69) is 5.32 Å². The quantitative estimate of drug-likeness (QED) is 0.851. The Kier molecular flexibility index (Phi) is 4.45. The van der Waals surface area contributed by atoms with Gasteiger partial charge in [-0.3, -0.25) is 4.79 Å². The topological polar surface area (TPSA) is 66.5 Å². The summed E-state index contributed by atoms with van der Waals surface area (Å²) in [4.78, 5) is 14.2. The molecule has 0 aliphatic carbocycles. The van der Waals surface area contributed by atoms with Crippen molar-refractivity contribution in [3.05, 3.63) is 70.3 Å². The molecule has 0 saturated carbocycles. The van der Waals surface area contributed by atoms with Crippen molar-refractivity contribution in [3.8, 4) is 0 Å². The second kappa shape index (κ2) is 6.70. The normalized spacial score (nSPS) is 18.5. The molecule has 0 bridgehead atoms. The van der Waals surface area contributed by atoms with Gasteiger partial charge in [-0.05, 0) is 55.7 Å². The summed E-state index contributed by atoms with van der Waals surface area (Å²) in [5, 5.41) is 2.68. The lowest BCUT2D eigenvalue weighted by molar-refractivity contribution is -0.117. The predicted molar refractivity (Wildman–Crippen MR) is 100 cm³/mol. The summed E-state index contributed by atoms with van der Waals surface area (Å²) >= 11 is 0. The average molecular weight is 404 g/mol. The van der Waals surface area contributed by atoms with E-state index in [0.29, 0.717) is 36.3 Å². The maximum atomic E-state index is 13.7. The van der Waals surface area contributed by atoms with E-state index in [1.54, 1.807) is 11.8 Å². The van der Waals surface area contributed by atoms with Crippen LogP contribution in [0.4, 0.5) is 14.5 Å². The molecule has 5 nitrogen and oxygen atoms in total. The number of anilines is 1. The van der Waals surface area contributed by atoms with E-state index in [1.807, 2.05) is 0 Å². The second-order valence-electron chi connectivity index (χ2n) is 6.89. The molecule has 0 unspecified atom stereocenters. The summed E-state index contributed by atoms with van der Waals surface area (Å²) in [5.41, 5.74) is 1.48. The predicted octanol–water partition coefficient (Wildman–Crippen LogP) is 3.44. The van der Waals surface area contributed by atoms with Crippen molar-refractivity contribution >= 4 is 21.4 Å². The Morgan fingerprint density at radius 3 is 2.50 bits per heavy atom. The van der Waals surface area contributed by atoms with E-state index in [-0.39, 0.29) is 9.80 Å². The van der Waals surface area contributed by atoms with Crippen LogP contribution in [-0.2, 0) is 14.6 Å². The summed E-state index contributed by atoms with van der Waals surface area (Å²) < 4.78 is 53.1. The van der Waals surface area contributed by atoms with Crippen LogP contribution < -0.4 is 10.2 Å². The van der Waals surface area contributed by atoms with Gasteiger partial charge < -0.3 is 10.2 Å². The van der Waals surface area contributed by atoms with E-state index in [9.17, 15) is 22.0 Å². The van der Waals surface area contributed by atoms with Crippen LogP contribution in [0.3, 0.4) is 0 Å². The van der Waals surface area contributed by atoms with Gasteiger partial charge in [-0.25, -0.2) is 17.2 Å². The van der Waals surface area contributed by atoms with Gasteiger partial charge in [0.05, 0.1) is 16.6 Å². The van der Waals surface area contributed by atoms with Crippen LogP contribution in [0.15, 0.2) is 58.0 Å². The fraction of sp³-hybridized carbons (Fsp3) is 0.250. The first kappa shape index (κ1) is 18.6. The summed E-state index contributed by atoms with van der Waals surface area (Å²) in [6.07, 6.45) is 1.15. The lowest BCUT2D eigenvalue weighted by atomic mass is 10.1. The number of allylic oxidation sites excluding steroid dienone is 1. The minimum Gasteiger partial charge on any atom is -0.345 e. The number of fused-ring (bicyclic) bond motifs is 3. The second-order valence-corrected chi connectivity index (χ2v) is 8.75. The number of sulfone groups is 1. The van der Waals surface area contributed by atoms with Crippen molar-refractivity contribution in [1.82, 2.24) is 5.32 Å². The van der Waals surface area contributed by atoms with Gasteiger partial charge in [0.25, 0.3) is 5.91 Å². The van der Waals surface area contributed by atoms with Gasteiger partial charge in [-0.15, -0.1) is 0 Å². The van der Waals surface area contributed by atoms with Crippen molar-refractivity contribution in [1.29, 1.82) is 0 Å². The molecule has 0 spiro atoms. The molecule has 1 saturated heterocycles. The molecule has 1 amide bonds. The van der Waals surface area contributed by atoms with Gasteiger partial charge in [0.1, 0.15) is 11.6 Å². The van der Waals surface area contributed by atoms with Gasteiger partial charge in [-0.2, -0.15) is 0 Å². The largest absolute Gasteiger partial charge is 0.345 e. The Morgan fingerprint density at radius 1 is 1.11 bits per heavy atom. The van der Waals surface area contributed by atoms with Crippen molar-refractivity contribution in [2.24, 2.45) is 0 Å². The van der Waals surface area contributed by atoms with Gasteiger partial charge in [-0.1, -0.05) is 12.1 Å². The minimum atomic E-state index is -4.17. The van der Waals surface area contributed by atoms with Crippen molar-refractivity contribution in [3.63, 3.8) is 0 Å². The highest BCUT2D eigenvalue weighted by Gasteiger charge is 2.42. The maximum Gasteiger partial charge on any atom is 0.265 e. The van der Waals surface area contributed by atoms with Gasteiger partial charge >= 0.3 is 0 Å². The van der Waals surface area contributed by atoms with Crippen LogP contribution in [0.25, 0.3) is 0 Å². The Morgan fingerprint density at radius 2 is 1.79 bits per heavy atom. The first-order valence-corrected chi connectivity index (χ1v) is 10.4. The number of hydrogen-bond donors (Lipinski definition) is 1. The Balaban J connectivity index is 1.73. The van der Waals surface area contributed by atoms with E-state index in [1.165, 1.54) is 36.4 Å². The Bertz CT molecular complexity index is 1090. The summed E-state index contributed by atoms with van der Waals surface area (Å²) in [5.74, 6) is -1.82. The van der Waals surface area contributed by atoms with E-state index >= 15 is 0 Å². The molecule has 1 fully saturated rings. The first-order valence-electron chi connectivity index (χ1n) is 8.90. The third kappa shape index (κ3) is 2.97.